The third kappa shape index (κ3) is 3.83. The maximum Gasteiger partial charge on any atom is 0.292 e. The third-order valence-electron chi connectivity index (χ3n) is 4.68. The van der Waals surface area contributed by atoms with Crippen LogP contribution in [0.4, 0.5) is 17.1 Å². The molecule has 0 aliphatic carbocycles. The van der Waals surface area contributed by atoms with E-state index in [1.54, 1.807) is 12.1 Å². The molecule has 0 aromatic heterocycles. The molecule has 3 N–H and O–H groups in total. The van der Waals surface area contributed by atoms with E-state index in [2.05, 4.69) is 5.32 Å². The molecule has 0 spiro atoms. The number of nitrogens with two attached hydrogens (primary N) is 1. The molecule has 2 aromatic carbocycles. The van der Waals surface area contributed by atoms with Crippen molar-refractivity contribution in [2.75, 3.05) is 17.2 Å². The minimum Gasteiger partial charge on any atom is -0.393 e. The first-order chi connectivity index (χ1) is 12.5. The first kappa shape index (κ1) is 17.9. The van der Waals surface area contributed by atoms with Crippen molar-refractivity contribution in [3.05, 3.63) is 63.7 Å². The number of nitrogens with one attached hydrogen (secondary N) is 1. The zero-order chi connectivity index (χ0) is 18.7. The predicted molar refractivity (Wildman–Crippen MR) is 101 cm³/mol. The molecule has 136 valence electrons. The van der Waals surface area contributed by atoms with Gasteiger partial charge < -0.3 is 16.0 Å². The van der Waals surface area contributed by atoms with Crippen LogP contribution in [-0.2, 0) is 11.3 Å². The van der Waals surface area contributed by atoms with Crippen molar-refractivity contribution in [3.63, 3.8) is 0 Å². The van der Waals surface area contributed by atoms with Crippen molar-refractivity contribution in [1.29, 1.82) is 0 Å². The van der Waals surface area contributed by atoms with Crippen molar-refractivity contribution < 1.29 is 9.72 Å². The van der Waals surface area contributed by atoms with Crippen molar-refractivity contribution in [2.24, 2.45) is 0 Å². The van der Waals surface area contributed by atoms with Crippen LogP contribution in [0.1, 0.15) is 36.9 Å². The summed E-state index contributed by atoms with van der Waals surface area (Å²) < 4.78 is 0. The Morgan fingerprint density at radius 1 is 1.27 bits per heavy atom. The average molecular weight is 354 g/mol. The van der Waals surface area contributed by atoms with Crippen LogP contribution in [0.3, 0.4) is 0 Å². The summed E-state index contributed by atoms with van der Waals surface area (Å²) in [5.74, 6) is 0.175. The average Bonchev–Trinajstić information content (AvgIpc) is 3.06. The quantitative estimate of drug-likeness (QED) is 0.471. The number of rotatable bonds is 6. The van der Waals surface area contributed by atoms with Gasteiger partial charge in [0.2, 0.25) is 5.91 Å². The molecular weight excluding hydrogens is 332 g/mol. The molecule has 1 atom stereocenters. The highest BCUT2D eigenvalue weighted by molar-refractivity contribution is 5.95. The molecule has 7 heteroatoms. The highest BCUT2D eigenvalue weighted by Gasteiger charge is 2.21. The molecule has 7 nitrogen and oxygen atoms in total. The van der Waals surface area contributed by atoms with Crippen LogP contribution >= 0.6 is 0 Å². The van der Waals surface area contributed by atoms with Gasteiger partial charge in [-0.05, 0) is 42.7 Å². The molecule has 1 aliphatic rings. The fourth-order valence-corrected chi connectivity index (χ4v) is 3.11. The molecule has 3 rings (SSSR count). The second kappa shape index (κ2) is 7.53. The summed E-state index contributed by atoms with van der Waals surface area (Å²) in [7, 11) is 0. The van der Waals surface area contributed by atoms with Gasteiger partial charge in [0.05, 0.1) is 4.92 Å². The third-order valence-corrected chi connectivity index (χ3v) is 4.68. The molecule has 1 heterocycles. The Morgan fingerprint density at radius 3 is 2.62 bits per heavy atom. The van der Waals surface area contributed by atoms with E-state index in [-0.39, 0.29) is 23.3 Å². The molecule has 0 saturated carbocycles. The second-order valence-electron chi connectivity index (χ2n) is 6.49. The zero-order valence-corrected chi connectivity index (χ0v) is 14.6. The molecule has 1 amide bonds. The Labute approximate surface area is 152 Å². The zero-order valence-electron chi connectivity index (χ0n) is 14.6. The summed E-state index contributed by atoms with van der Waals surface area (Å²) in [6.07, 6.45) is 1.53. The lowest BCUT2D eigenvalue weighted by Gasteiger charge is -2.18. The van der Waals surface area contributed by atoms with Crippen LogP contribution < -0.4 is 16.0 Å². The van der Waals surface area contributed by atoms with E-state index < -0.39 is 4.92 Å². The number of carbonyl (C=O) groups excluding carboxylic acids is 1. The van der Waals surface area contributed by atoms with Gasteiger partial charge in [-0.15, -0.1) is 0 Å². The smallest absolute Gasteiger partial charge is 0.292 e. The minimum absolute atomic E-state index is 0.0648. The Kier molecular flexibility index (Phi) is 5.18. The Hall–Kier alpha value is -2.93. The van der Waals surface area contributed by atoms with E-state index in [1.807, 2.05) is 36.1 Å². The number of carbonyl (C=O) groups is 1. The number of benzene rings is 2. The lowest BCUT2D eigenvalue weighted by atomic mass is 10.1. The van der Waals surface area contributed by atoms with Crippen LogP contribution in [-0.4, -0.2) is 17.4 Å². The molecule has 0 bridgehead atoms. The highest BCUT2D eigenvalue weighted by Crippen LogP contribution is 2.25. The lowest BCUT2D eigenvalue weighted by molar-refractivity contribution is -0.384. The lowest BCUT2D eigenvalue weighted by Crippen LogP contribution is -2.23. The fourth-order valence-electron chi connectivity index (χ4n) is 3.11. The largest absolute Gasteiger partial charge is 0.393 e. The summed E-state index contributed by atoms with van der Waals surface area (Å²) in [6, 6.07) is 12.8. The molecule has 0 unspecified atom stereocenters. The maximum absolute atomic E-state index is 11.8. The fraction of sp³-hybridized carbons (Fsp3) is 0.316. The van der Waals surface area contributed by atoms with Crippen molar-refractivity contribution >= 4 is 23.0 Å². The van der Waals surface area contributed by atoms with Crippen molar-refractivity contribution in [3.8, 4) is 0 Å². The van der Waals surface area contributed by atoms with Gasteiger partial charge in [-0.25, -0.2) is 0 Å². The van der Waals surface area contributed by atoms with Gasteiger partial charge in [0, 0.05) is 37.3 Å². The molecule has 1 fully saturated rings. The molecule has 26 heavy (non-hydrogen) atoms. The number of nitro benzene ring substituents is 1. The van der Waals surface area contributed by atoms with Crippen molar-refractivity contribution in [2.45, 2.75) is 32.4 Å². The van der Waals surface area contributed by atoms with E-state index in [9.17, 15) is 14.9 Å². The minimum atomic E-state index is -0.472. The molecular formula is C19H22N4O3. The summed E-state index contributed by atoms with van der Waals surface area (Å²) in [4.78, 5) is 24.1. The number of hydrogen-bond donors (Lipinski definition) is 2. The van der Waals surface area contributed by atoms with Crippen molar-refractivity contribution in [1.82, 2.24) is 5.32 Å². The Balaban J connectivity index is 1.63. The molecule has 1 saturated heterocycles. The van der Waals surface area contributed by atoms with Gasteiger partial charge in [0.15, 0.2) is 0 Å². The Bertz CT molecular complexity index is 820. The monoisotopic (exact) mass is 354 g/mol. The maximum atomic E-state index is 11.8. The number of anilines is 2. The number of amides is 1. The first-order valence-corrected chi connectivity index (χ1v) is 8.62. The van der Waals surface area contributed by atoms with E-state index in [4.69, 9.17) is 5.73 Å². The standard InChI is InChI=1S/C19H22N4O3/c1-13(21-12-14-4-9-17(20)18(11-14)23(25)26)15-5-7-16(8-6-15)22-10-2-3-19(22)24/h4-9,11,13,21H,2-3,10,12,20H2,1H3/t13-/m0/s1. The van der Waals surface area contributed by atoms with Gasteiger partial charge in [-0.1, -0.05) is 18.2 Å². The SMILES string of the molecule is C[C@H](NCc1ccc(N)c([N+](=O)[O-])c1)c1ccc(N2CCCC2=O)cc1. The summed E-state index contributed by atoms with van der Waals surface area (Å²) >= 11 is 0. The van der Waals surface area contributed by atoms with Crippen LogP contribution in [0.15, 0.2) is 42.5 Å². The van der Waals surface area contributed by atoms with E-state index in [0.717, 1.165) is 29.8 Å². The summed E-state index contributed by atoms with van der Waals surface area (Å²) in [5, 5.41) is 14.3. The molecule has 2 aromatic rings. The van der Waals surface area contributed by atoms with Crippen LogP contribution in [0.5, 0.6) is 0 Å². The number of nitrogens with zero attached hydrogens (tertiary/aromatic N) is 2. The van der Waals surface area contributed by atoms with Crippen LogP contribution in [0.2, 0.25) is 0 Å². The molecule has 0 radical (unpaired) electrons. The van der Waals surface area contributed by atoms with Crippen LogP contribution in [0, 0.1) is 10.1 Å². The second-order valence-corrected chi connectivity index (χ2v) is 6.49. The first-order valence-electron chi connectivity index (χ1n) is 8.62. The number of nitro groups is 1. The number of nitrogen functional groups attached to an aromatic ring is 1. The van der Waals surface area contributed by atoms with Gasteiger partial charge in [-0.2, -0.15) is 0 Å². The topological polar surface area (TPSA) is 102 Å². The normalized spacial score (nSPS) is 15.3. The van der Waals surface area contributed by atoms with Gasteiger partial charge >= 0.3 is 0 Å². The van der Waals surface area contributed by atoms with E-state index in [0.29, 0.717) is 13.0 Å². The van der Waals surface area contributed by atoms with Crippen LogP contribution in [0.25, 0.3) is 0 Å². The summed E-state index contributed by atoms with van der Waals surface area (Å²) in [5.41, 5.74) is 8.54. The van der Waals surface area contributed by atoms with E-state index in [1.165, 1.54) is 6.07 Å². The van der Waals surface area contributed by atoms with Gasteiger partial charge in [-0.3, -0.25) is 14.9 Å². The Morgan fingerprint density at radius 2 is 2.00 bits per heavy atom. The summed E-state index contributed by atoms with van der Waals surface area (Å²) in [6.45, 7) is 3.30. The van der Waals surface area contributed by atoms with Gasteiger partial charge in [0.25, 0.3) is 5.69 Å². The van der Waals surface area contributed by atoms with Gasteiger partial charge in [0.1, 0.15) is 5.69 Å². The number of hydrogen-bond acceptors (Lipinski definition) is 5. The molecule has 1 aliphatic heterocycles. The highest BCUT2D eigenvalue weighted by atomic mass is 16.6. The predicted octanol–water partition coefficient (Wildman–Crippen LogP) is 3.15. The van der Waals surface area contributed by atoms with E-state index >= 15 is 0 Å².